The van der Waals surface area contributed by atoms with Gasteiger partial charge in [-0.15, -0.1) is 11.3 Å². The van der Waals surface area contributed by atoms with Crippen molar-refractivity contribution in [3.8, 4) is 17.4 Å². The summed E-state index contributed by atoms with van der Waals surface area (Å²) in [6, 6.07) is 13.3. The summed E-state index contributed by atoms with van der Waals surface area (Å²) in [7, 11) is 0. The van der Waals surface area contributed by atoms with Crippen molar-refractivity contribution in [1.82, 2.24) is 0 Å². The van der Waals surface area contributed by atoms with E-state index in [2.05, 4.69) is 18.3 Å². The Morgan fingerprint density at radius 2 is 2.10 bits per heavy atom. The van der Waals surface area contributed by atoms with Crippen molar-refractivity contribution < 1.29 is 9.21 Å². The first kappa shape index (κ1) is 19.5. The summed E-state index contributed by atoms with van der Waals surface area (Å²) < 4.78 is 5.77. The number of anilines is 1. The van der Waals surface area contributed by atoms with E-state index in [9.17, 15) is 10.1 Å². The maximum Gasteiger partial charge on any atom is 0.249 e. The molecule has 29 heavy (non-hydrogen) atoms. The van der Waals surface area contributed by atoms with Crippen molar-refractivity contribution in [1.29, 1.82) is 5.26 Å². The molecule has 3 aromatic rings. The molecule has 1 atom stereocenters. The molecule has 0 saturated heterocycles. The minimum absolute atomic E-state index is 0.280. The van der Waals surface area contributed by atoms with Gasteiger partial charge in [0.05, 0.1) is 5.56 Å². The van der Waals surface area contributed by atoms with Crippen LogP contribution in [0.25, 0.3) is 17.4 Å². The lowest BCUT2D eigenvalue weighted by molar-refractivity contribution is -0.111. The van der Waals surface area contributed by atoms with E-state index >= 15 is 0 Å². The minimum atomic E-state index is -0.280. The Labute approximate surface area is 178 Å². The van der Waals surface area contributed by atoms with Crippen molar-refractivity contribution in [2.75, 3.05) is 5.32 Å². The van der Waals surface area contributed by atoms with Gasteiger partial charge in [-0.05, 0) is 73.2 Å². The van der Waals surface area contributed by atoms with Crippen molar-refractivity contribution in [2.24, 2.45) is 5.92 Å². The molecule has 0 spiro atoms. The zero-order chi connectivity index (χ0) is 20.4. The van der Waals surface area contributed by atoms with Crippen LogP contribution in [0.5, 0.6) is 0 Å². The topological polar surface area (TPSA) is 66.0 Å². The number of hydrogen-bond donors (Lipinski definition) is 1. The first-order valence-electron chi connectivity index (χ1n) is 9.43. The molecule has 1 aromatic carbocycles. The van der Waals surface area contributed by atoms with E-state index in [0.29, 0.717) is 33.0 Å². The third-order valence-corrected chi connectivity index (χ3v) is 6.44. The van der Waals surface area contributed by atoms with Crippen LogP contribution in [0.4, 0.5) is 5.00 Å². The molecule has 2 aromatic heterocycles. The van der Waals surface area contributed by atoms with E-state index in [1.165, 1.54) is 22.3 Å². The van der Waals surface area contributed by atoms with Crippen LogP contribution in [0, 0.1) is 17.2 Å². The molecule has 4 nitrogen and oxygen atoms in total. The van der Waals surface area contributed by atoms with Gasteiger partial charge >= 0.3 is 0 Å². The second-order valence-corrected chi connectivity index (χ2v) is 8.74. The summed E-state index contributed by atoms with van der Waals surface area (Å²) in [5.41, 5.74) is 2.63. The molecule has 0 saturated carbocycles. The standard InChI is InChI=1S/C23H19ClN2O2S/c1-14-2-9-18-19(13-25)23(29-21(18)12-14)26-22(27)11-8-17-7-10-20(28-17)15-3-5-16(24)6-4-15/h3-8,10-11,14H,2,9,12H2,1H3,(H,26,27)/b11-8+. The number of furan rings is 1. The molecule has 1 aliphatic rings. The van der Waals surface area contributed by atoms with Crippen LogP contribution in [0.2, 0.25) is 5.02 Å². The highest BCUT2D eigenvalue weighted by Gasteiger charge is 2.24. The minimum Gasteiger partial charge on any atom is -0.457 e. The molecule has 1 unspecified atom stereocenters. The van der Waals surface area contributed by atoms with E-state index in [4.69, 9.17) is 16.0 Å². The van der Waals surface area contributed by atoms with Crippen LogP contribution in [0.15, 0.2) is 46.9 Å². The number of nitrogens with zero attached hydrogens (tertiary/aromatic N) is 1. The first-order valence-corrected chi connectivity index (χ1v) is 10.6. The molecule has 1 N–H and O–H groups in total. The van der Waals surface area contributed by atoms with Crippen LogP contribution < -0.4 is 5.32 Å². The third kappa shape index (κ3) is 4.29. The number of halogens is 1. The summed E-state index contributed by atoms with van der Waals surface area (Å²) in [5, 5.41) is 13.7. The number of amides is 1. The molecule has 0 aliphatic heterocycles. The predicted molar refractivity (Wildman–Crippen MR) is 117 cm³/mol. The number of nitrogens with one attached hydrogen (secondary N) is 1. The fourth-order valence-corrected chi connectivity index (χ4v) is 4.97. The largest absolute Gasteiger partial charge is 0.457 e. The smallest absolute Gasteiger partial charge is 0.249 e. The van der Waals surface area contributed by atoms with Crippen LogP contribution in [0.3, 0.4) is 0 Å². The number of fused-ring (bicyclic) bond motifs is 1. The Hall–Kier alpha value is -2.81. The van der Waals surface area contributed by atoms with Crippen LogP contribution in [0.1, 0.15) is 35.1 Å². The van der Waals surface area contributed by atoms with E-state index in [-0.39, 0.29) is 5.91 Å². The molecule has 6 heteroatoms. The molecular formula is C23H19ClN2O2S. The quantitative estimate of drug-likeness (QED) is 0.501. The second-order valence-electron chi connectivity index (χ2n) is 7.20. The number of nitriles is 1. The highest BCUT2D eigenvalue weighted by atomic mass is 35.5. The number of rotatable bonds is 4. The number of carbonyl (C=O) groups excluding carboxylic acids is 1. The van der Waals surface area contributed by atoms with E-state index in [0.717, 1.165) is 30.4 Å². The molecule has 146 valence electrons. The summed E-state index contributed by atoms with van der Waals surface area (Å²) >= 11 is 7.43. The number of carbonyl (C=O) groups is 1. The number of thiophene rings is 1. The zero-order valence-electron chi connectivity index (χ0n) is 15.9. The Bertz CT molecular complexity index is 1120. The maximum absolute atomic E-state index is 12.4. The van der Waals surface area contributed by atoms with Gasteiger partial charge in [0.25, 0.3) is 0 Å². The van der Waals surface area contributed by atoms with Gasteiger partial charge in [-0.1, -0.05) is 18.5 Å². The van der Waals surface area contributed by atoms with E-state index in [1.807, 2.05) is 18.2 Å². The maximum atomic E-state index is 12.4. The zero-order valence-corrected chi connectivity index (χ0v) is 17.4. The highest BCUT2D eigenvalue weighted by molar-refractivity contribution is 7.16. The van der Waals surface area contributed by atoms with Crippen molar-refractivity contribution >= 4 is 39.9 Å². The molecule has 1 aliphatic carbocycles. The highest BCUT2D eigenvalue weighted by Crippen LogP contribution is 2.39. The molecular weight excluding hydrogens is 404 g/mol. The number of benzene rings is 1. The van der Waals surface area contributed by atoms with Gasteiger partial charge in [0, 0.05) is 21.5 Å². The average Bonchev–Trinajstić information content (AvgIpc) is 3.30. The average molecular weight is 423 g/mol. The summed E-state index contributed by atoms with van der Waals surface area (Å²) in [5.74, 6) is 1.61. The monoisotopic (exact) mass is 422 g/mol. The first-order chi connectivity index (χ1) is 14.0. The van der Waals surface area contributed by atoms with Gasteiger partial charge in [0.15, 0.2) is 0 Å². The fourth-order valence-electron chi connectivity index (χ4n) is 3.48. The molecule has 1 amide bonds. The van der Waals surface area contributed by atoms with Gasteiger partial charge in [-0.3, -0.25) is 4.79 Å². The van der Waals surface area contributed by atoms with E-state index in [1.54, 1.807) is 24.3 Å². The van der Waals surface area contributed by atoms with E-state index < -0.39 is 0 Å². The summed E-state index contributed by atoms with van der Waals surface area (Å²) in [6.45, 7) is 2.22. The van der Waals surface area contributed by atoms with Crippen LogP contribution in [-0.4, -0.2) is 5.91 Å². The molecule has 0 fully saturated rings. The summed E-state index contributed by atoms with van der Waals surface area (Å²) in [6.07, 6.45) is 6.01. The number of hydrogen-bond acceptors (Lipinski definition) is 4. The van der Waals surface area contributed by atoms with Crippen LogP contribution >= 0.6 is 22.9 Å². The lowest BCUT2D eigenvalue weighted by Gasteiger charge is -2.17. The normalized spacial score (nSPS) is 15.8. The Balaban J connectivity index is 1.46. The van der Waals surface area contributed by atoms with Crippen molar-refractivity contribution in [3.63, 3.8) is 0 Å². The van der Waals surface area contributed by atoms with Gasteiger partial charge in [-0.25, -0.2) is 0 Å². The summed E-state index contributed by atoms with van der Waals surface area (Å²) in [4.78, 5) is 13.6. The van der Waals surface area contributed by atoms with Gasteiger partial charge in [-0.2, -0.15) is 5.26 Å². The molecule has 0 bridgehead atoms. The Morgan fingerprint density at radius 1 is 1.31 bits per heavy atom. The molecule has 0 radical (unpaired) electrons. The Kier molecular flexibility index (Phi) is 5.57. The van der Waals surface area contributed by atoms with Crippen LogP contribution in [-0.2, 0) is 17.6 Å². The SMILES string of the molecule is CC1CCc2c(sc(NC(=O)/C=C/c3ccc(-c4ccc(Cl)cc4)o3)c2C#N)C1. The molecule has 2 heterocycles. The van der Waals surface area contributed by atoms with Crippen molar-refractivity contribution in [3.05, 3.63) is 69.3 Å². The van der Waals surface area contributed by atoms with Crippen molar-refractivity contribution in [2.45, 2.75) is 26.2 Å². The lowest BCUT2D eigenvalue weighted by Crippen LogP contribution is -2.10. The predicted octanol–water partition coefficient (Wildman–Crippen LogP) is 6.31. The molecule has 4 rings (SSSR count). The van der Waals surface area contributed by atoms with Gasteiger partial charge in [0.1, 0.15) is 22.6 Å². The van der Waals surface area contributed by atoms with Gasteiger partial charge in [0.2, 0.25) is 5.91 Å². The van der Waals surface area contributed by atoms with Gasteiger partial charge < -0.3 is 9.73 Å². The lowest BCUT2D eigenvalue weighted by atomic mass is 9.89. The Morgan fingerprint density at radius 3 is 2.86 bits per heavy atom. The fraction of sp³-hybridized carbons (Fsp3) is 0.217. The third-order valence-electron chi connectivity index (χ3n) is 5.01. The second kappa shape index (κ2) is 8.28.